The van der Waals surface area contributed by atoms with Gasteiger partial charge in [0, 0.05) is 32.7 Å². The number of para-hydroxylation sites is 1. The monoisotopic (exact) mass is 317 g/mol. The Labute approximate surface area is 134 Å². The molecule has 0 aliphatic carbocycles. The largest absolute Gasteiger partial charge is 0.494 e. The van der Waals surface area contributed by atoms with Crippen LogP contribution in [0.2, 0.25) is 0 Å². The van der Waals surface area contributed by atoms with Crippen LogP contribution in [0.25, 0.3) is 0 Å². The SMILES string of the molecule is [CH2-]C(O)COc1ccccc1.[Y].[c-]1ccccc1. The zero-order valence-corrected chi connectivity index (χ0v) is 13.0. The van der Waals surface area contributed by atoms with Gasteiger partial charge in [-0.3, -0.25) is 0 Å². The van der Waals surface area contributed by atoms with Crippen molar-refractivity contribution >= 4 is 0 Å². The van der Waals surface area contributed by atoms with Crippen molar-refractivity contribution in [1.82, 2.24) is 0 Å². The van der Waals surface area contributed by atoms with Crippen molar-refractivity contribution in [1.29, 1.82) is 0 Å². The van der Waals surface area contributed by atoms with E-state index in [2.05, 4.69) is 13.0 Å². The first-order valence-electron chi connectivity index (χ1n) is 5.39. The van der Waals surface area contributed by atoms with Crippen molar-refractivity contribution in [2.75, 3.05) is 6.61 Å². The summed E-state index contributed by atoms with van der Waals surface area (Å²) >= 11 is 0. The van der Waals surface area contributed by atoms with Crippen LogP contribution in [0.5, 0.6) is 5.75 Å². The van der Waals surface area contributed by atoms with Crippen LogP contribution in [-0.4, -0.2) is 17.8 Å². The summed E-state index contributed by atoms with van der Waals surface area (Å²) in [4.78, 5) is 0. The molecule has 0 aromatic heterocycles. The van der Waals surface area contributed by atoms with E-state index < -0.39 is 6.10 Å². The Morgan fingerprint density at radius 2 is 1.61 bits per heavy atom. The minimum Gasteiger partial charge on any atom is -0.494 e. The molecule has 3 heteroatoms. The molecule has 0 saturated carbocycles. The molecule has 0 aliphatic rings. The standard InChI is InChI=1S/C9H11O2.C6H5.Y/c1-8(10)7-11-9-5-3-2-4-6-9;1-2-4-6-5-3-1;/h2-6,8,10H,1,7H2;1-5H;/q2*-1;. The molecule has 0 saturated heterocycles. The van der Waals surface area contributed by atoms with Crippen molar-refractivity contribution in [3.63, 3.8) is 0 Å². The molecule has 1 N–H and O–H groups in total. The van der Waals surface area contributed by atoms with Crippen LogP contribution in [-0.2, 0) is 32.7 Å². The van der Waals surface area contributed by atoms with Crippen LogP contribution in [0.3, 0.4) is 0 Å². The predicted molar refractivity (Wildman–Crippen MR) is 68.6 cm³/mol. The third-order valence-corrected chi connectivity index (χ3v) is 1.79. The molecule has 1 radical (unpaired) electrons. The Morgan fingerprint density at radius 1 is 1.06 bits per heavy atom. The zero-order valence-electron chi connectivity index (χ0n) is 10.2. The van der Waals surface area contributed by atoms with Crippen LogP contribution in [0, 0.1) is 13.0 Å². The average molecular weight is 317 g/mol. The minimum atomic E-state index is -0.657. The van der Waals surface area contributed by atoms with E-state index in [0.717, 1.165) is 5.75 Å². The van der Waals surface area contributed by atoms with Crippen LogP contribution in [0.4, 0.5) is 0 Å². The second kappa shape index (κ2) is 11.4. The third kappa shape index (κ3) is 9.35. The Bertz CT molecular complexity index is 350. The van der Waals surface area contributed by atoms with E-state index in [0.29, 0.717) is 0 Å². The van der Waals surface area contributed by atoms with Gasteiger partial charge in [0.15, 0.2) is 0 Å². The van der Waals surface area contributed by atoms with Gasteiger partial charge in [0.25, 0.3) is 0 Å². The summed E-state index contributed by atoms with van der Waals surface area (Å²) < 4.78 is 5.15. The predicted octanol–water partition coefficient (Wildman–Crippen LogP) is 2.74. The number of aliphatic hydroxyl groups is 1. The average Bonchev–Trinajstić information content (AvgIpc) is 2.40. The fourth-order valence-electron chi connectivity index (χ4n) is 1.05. The second-order valence-electron chi connectivity index (χ2n) is 3.36. The van der Waals surface area contributed by atoms with Crippen molar-refractivity contribution in [2.45, 2.75) is 6.10 Å². The topological polar surface area (TPSA) is 29.5 Å². The summed E-state index contributed by atoms with van der Waals surface area (Å²) in [6.07, 6.45) is -0.657. The van der Waals surface area contributed by atoms with E-state index in [1.807, 2.05) is 60.7 Å². The Balaban J connectivity index is 0.000000352. The van der Waals surface area contributed by atoms with E-state index >= 15 is 0 Å². The minimum absolute atomic E-state index is 0. The molecule has 1 unspecified atom stereocenters. The van der Waals surface area contributed by atoms with E-state index in [9.17, 15) is 0 Å². The van der Waals surface area contributed by atoms with Gasteiger partial charge in [-0.15, -0.1) is 0 Å². The second-order valence-corrected chi connectivity index (χ2v) is 3.36. The molecule has 2 rings (SSSR count). The summed E-state index contributed by atoms with van der Waals surface area (Å²) in [7, 11) is 0. The van der Waals surface area contributed by atoms with E-state index in [4.69, 9.17) is 9.84 Å². The molecule has 18 heavy (non-hydrogen) atoms. The summed E-state index contributed by atoms with van der Waals surface area (Å²) in [6.45, 7) is 3.62. The van der Waals surface area contributed by atoms with Gasteiger partial charge in [-0.05, 0) is 18.2 Å². The molecule has 0 heterocycles. The Kier molecular flexibility index (Phi) is 11.0. The first-order chi connectivity index (χ1) is 8.29. The van der Waals surface area contributed by atoms with Crippen LogP contribution < -0.4 is 4.74 Å². The quantitative estimate of drug-likeness (QED) is 0.882. The van der Waals surface area contributed by atoms with Gasteiger partial charge in [0.05, 0.1) is 6.61 Å². The maximum absolute atomic E-state index is 8.78. The summed E-state index contributed by atoms with van der Waals surface area (Å²) in [6, 6.07) is 21.8. The normalized spacial score (nSPS) is 10.3. The first kappa shape index (κ1) is 17.3. The molecule has 0 fully saturated rings. The Hall–Kier alpha value is -0.696. The van der Waals surface area contributed by atoms with Crippen molar-refractivity contribution in [3.8, 4) is 5.75 Å². The maximum Gasteiger partial charge on any atom is 0.119 e. The third-order valence-electron chi connectivity index (χ3n) is 1.79. The number of benzene rings is 2. The van der Waals surface area contributed by atoms with Crippen LogP contribution in [0.1, 0.15) is 0 Å². The number of rotatable bonds is 3. The molecule has 0 bridgehead atoms. The summed E-state index contributed by atoms with van der Waals surface area (Å²) in [5.41, 5.74) is 0. The van der Waals surface area contributed by atoms with Gasteiger partial charge in [0.1, 0.15) is 5.75 Å². The first-order valence-corrected chi connectivity index (χ1v) is 5.39. The smallest absolute Gasteiger partial charge is 0.119 e. The molecule has 93 valence electrons. The zero-order chi connectivity index (χ0) is 12.3. The van der Waals surface area contributed by atoms with Gasteiger partial charge in [-0.2, -0.15) is 36.4 Å². The molecule has 2 nitrogen and oxygen atoms in total. The van der Waals surface area contributed by atoms with Gasteiger partial charge in [-0.25, -0.2) is 0 Å². The fraction of sp³-hybridized carbons (Fsp3) is 0.133. The number of hydrogen-bond donors (Lipinski definition) is 1. The van der Waals surface area contributed by atoms with Gasteiger partial charge < -0.3 is 16.8 Å². The van der Waals surface area contributed by atoms with Crippen molar-refractivity contribution in [3.05, 3.63) is 73.7 Å². The molecule has 0 aliphatic heterocycles. The molecule has 1 atom stereocenters. The molecule has 0 amide bonds. The number of hydrogen-bond acceptors (Lipinski definition) is 2. The van der Waals surface area contributed by atoms with E-state index in [1.165, 1.54) is 0 Å². The van der Waals surface area contributed by atoms with Crippen LogP contribution in [0.15, 0.2) is 60.7 Å². The summed E-state index contributed by atoms with van der Waals surface area (Å²) in [5.74, 6) is 0.759. The molecule has 2 aromatic rings. The van der Waals surface area contributed by atoms with E-state index in [1.54, 1.807) is 0 Å². The summed E-state index contributed by atoms with van der Waals surface area (Å²) in [5, 5.41) is 8.78. The van der Waals surface area contributed by atoms with Crippen molar-refractivity contribution < 1.29 is 42.6 Å². The molecule has 2 aromatic carbocycles. The van der Waals surface area contributed by atoms with E-state index in [-0.39, 0.29) is 39.3 Å². The molecule has 0 spiro atoms. The van der Waals surface area contributed by atoms with Gasteiger partial charge >= 0.3 is 0 Å². The fourth-order valence-corrected chi connectivity index (χ4v) is 1.05. The number of ether oxygens (including phenoxy) is 1. The number of aliphatic hydroxyl groups excluding tert-OH is 1. The molecular formula is C15H16O2Y-2. The Morgan fingerprint density at radius 3 is 2.00 bits per heavy atom. The molecular weight excluding hydrogens is 301 g/mol. The maximum atomic E-state index is 8.78. The van der Waals surface area contributed by atoms with Gasteiger partial charge in [-0.1, -0.05) is 18.2 Å². The van der Waals surface area contributed by atoms with Crippen molar-refractivity contribution in [2.24, 2.45) is 0 Å². The van der Waals surface area contributed by atoms with Crippen LogP contribution >= 0.6 is 0 Å². The van der Waals surface area contributed by atoms with Gasteiger partial charge in [0.2, 0.25) is 0 Å².